The molecule has 1 amide bonds. The molecule has 0 bridgehead atoms. The molecule has 50 valence electrons. The zero-order valence-electron chi connectivity index (χ0n) is 4.92. The molecular formula is C5H8N2OS. The number of amides is 1. The zero-order chi connectivity index (χ0) is 6.85. The Labute approximate surface area is 58.0 Å². The van der Waals surface area contributed by atoms with Crippen molar-refractivity contribution in [2.24, 2.45) is 5.73 Å². The Morgan fingerprint density at radius 2 is 2.67 bits per heavy atom. The smallest absolute Gasteiger partial charge is 0.268 e. The van der Waals surface area contributed by atoms with Crippen LogP contribution in [0.25, 0.3) is 0 Å². The summed E-state index contributed by atoms with van der Waals surface area (Å²) in [4.78, 5) is 14.2. The molecule has 0 spiro atoms. The third-order valence-corrected chi connectivity index (χ3v) is 1.64. The Hall–Kier alpha value is -0.900. The van der Waals surface area contributed by atoms with Gasteiger partial charge in [-0.15, -0.1) is 11.3 Å². The standard InChI is InChI=1S/C5H6N2OS.H2/c1-3-7-4(2-9-3)5(6)8;/h2H,1H3,(H2,6,8);1H. The average Bonchev–Trinajstić information content (AvgIpc) is 2.14. The molecule has 1 heterocycles. The highest BCUT2D eigenvalue weighted by atomic mass is 32.1. The maximum atomic E-state index is 10.4. The predicted molar refractivity (Wildman–Crippen MR) is 37.5 cm³/mol. The Balaban J connectivity index is 0.000000810. The summed E-state index contributed by atoms with van der Waals surface area (Å²) in [5, 5.41) is 2.52. The highest BCUT2D eigenvalue weighted by Crippen LogP contribution is 2.06. The summed E-state index contributed by atoms with van der Waals surface area (Å²) in [6, 6.07) is 0. The number of aryl methyl sites for hydroxylation is 1. The first-order valence-corrected chi connectivity index (χ1v) is 3.30. The van der Waals surface area contributed by atoms with Gasteiger partial charge in [-0.3, -0.25) is 4.79 Å². The number of aromatic nitrogens is 1. The summed E-state index contributed by atoms with van der Waals surface area (Å²) in [6.45, 7) is 1.83. The molecule has 0 aliphatic heterocycles. The fourth-order valence-electron chi connectivity index (χ4n) is 0.477. The van der Waals surface area contributed by atoms with Crippen molar-refractivity contribution in [1.29, 1.82) is 0 Å². The lowest BCUT2D eigenvalue weighted by molar-refractivity contribution is 0.0996. The first-order chi connectivity index (χ1) is 4.20. The number of carbonyl (C=O) groups is 1. The average molecular weight is 144 g/mol. The monoisotopic (exact) mass is 144 g/mol. The summed E-state index contributed by atoms with van der Waals surface area (Å²) in [5.74, 6) is -0.459. The van der Waals surface area contributed by atoms with Crippen LogP contribution in [0.3, 0.4) is 0 Å². The number of rotatable bonds is 1. The van der Waals surface area contributed by atoms with Crippen molar-refractivity contribution in [3.05, 3.63) is 16.1 Å². The third kappa shape index (κ3) is 1.26. The van der Waals surface area contributed by atoms with E-state index < -0.39 is 5.91 Å². The largest absolute Gasteiger partial charge is 0.364 e. The van der Waals surface area contributed by atoms with Gasteiger partial charge in [-0.2, -0.15) is 0 Å². The maximum Gasteiger partial charge on any atom is 0.268 e. The molecule has 0 aromatic carbocycles. The number of carbonyl (C=O) groups excluding carboxylic acids is 1. The molecule has 9 heavy (non-hydrogen) atoms. The number of primary amides is 1. The molecule has 2 N–H and O–H groups in total. The van der Waals surface area contributed by atoms with E-state index in [1.165, 1.54) is 11.3 Å². The fraction of sp³-hybridized carbons (Fsp3) is 0.200. The van der Waals surface area contributed by atoms with E-state index in [1.54, 1.807) is 5.38 Å². The van der Waals surface area contributed by atoms with Crippen LogP contribution < -0.4 is 5.73 Å². The van der Waals surface area contributed by atoms with Crippen molar-refractivity contribution in [1.82, 2.24) is 4.98 Å². The molecule has 0 aliphatic carbocycles. The number of hydrogen-bond donors (Lipinski definition) is 1. The highest BCUT2D eigenvalue weighted by molar-refractivity contribution is 7.09. The van der Waals surface area contributed by atoms with E-state index in [0.29, 0.717) is 5.69 Å². The van der Waals surface area contributed by atoms with Crippen molar-refractivity contribution >= 4 is 17.2 Å². The van der Waals surface area contributed by atoms with Crippen LogP contribution in [-0.4, -0.2) is 10.9 Å². The minimum Gasteiger partial charge on any atom is -0.364 e. The minimum atomic E-state index is -0.459. The van der Waals surface area contributed by atoms with Crippen LogP contribution in [-0.2, 0) is 0 Å². The SMILES string of the molecule is Cc1nc(C(N)=O)cs1.[HH]. The third-order valence-electron chi connectivity index (χ3n) is 0.871. The van der Waals surface area contributed by atoms with Crippen LogP contribution in [0.1, 0.15) is 16.9 Å². The molecule has 0 fully saturated rings. The van der Waals surface area contributed by atoms with Gasteiger partial charge in [-0.05, 0) is 6.92 Å². The topological polar surface area (TPSA) is 56.0 Å². The van der Waals surface area contributed by atoms with Gasteiger partial charge in [0, 0.05) is 6.81 Å². The molecule has 1 aromatic rings. The normalized spacial score (nSPS) is 9.44. The zero-order valence-corrected chi connectivity index (χ0v) is 5.73. The van der Waals surface area contributed by atoms with Gasteiger partial charge in [0.1, 0.15) is 5.69 Å². The van der Waals surface area contributed by atoms with Crippen LogP contribution in [0.15, 0.2) is 5.38 Å². The molecule has 0 aliphatic rings. The Morgan fingerprint density at radius 1 is 2.00 bits per heavy atom. The van der Waals surface area contributed by atoms with Gasteiger partial charge in [0.2, 0.25) is 0 Å². The van der Waals surface area contributed by atoms with Gasteiger partial charge in [0.25, 0.3) is 5.91 Å². The van der Waals surface area contributed by atoms with E-state index in [0.717, 1.165) is 5.01 Å². The Bertz CT molecular complexity index is 235. The number of thiazole rings is 1. The van der Waals surface area contributed by atoms with Crippen molar-refractivity contribution in [2.45, 2.75) is 6.92 Å². The maximum absolute atomic E-state index is 10.4. The van der Waals surface area contributed by atoms with Crippen LogP contribution in [0.5, 0.6) is 0 Å². The molecule has 0 saturated carbocycles. The summed E-state index contributed by atoms with van der Waals surface area (Å²) in [7, 11) is 0. The van der Waals surface area contributed by atoms with Crippen molar-refractivity contribution in [2.75, 3.05) is 0 Å². The van der Waals surface area contributed by atoms with Crippen molar-refractivity contribution in [3.63, 3.8) is 0 Å². The van der Waals surface area contributed by atoms with E-state index in [2.05, 4.69) is 4.98 Å². The first kappa shape index (κ1) is 6.22. The molecular weight excluding hydrogens is 136 g/mol. The predicted octanol–water partition coefficient (Wildman–Crippen LogP) is 0.796. The molecule has 1 rings (SSSR count). The summed E-state index contributed by atoms with van der Waals surface area (Å²) < 4.78 is 0. The van der Waals surface area contributed by atoms with Crippen LogP contribution >= 0.6 is 11.3 Å². The van der Waals surface area contributed by atoms with Gasteiger partial charge in [0.05, 0.1) is 5.01 Å². The van der Waals surface area contributed by atoms with Crippen molar-refractivity contribution in [3.8, 4) is 0 Å². The van der Waals surface area contributed by atoms with Crippen LogP contribution in [0, 0.1) is 6.92 Å². The Morgan fingerprint density at radius 3 is 2.89 bits per heavy atom. The lowest BCUT2D eigenvalue weighted by Crippen LogP contribution is -2.10. The summed E-state index contributed by atoms with van der Waals surface area (Å²) in [6.07, 6.45) is 0. The van der Waals surface area contributed by atoms with Gasteiger partial charge < -0.3 is 5.73 Å². The number of hydrogen-bond acceptors (Lipinski definition) is 3. The Kier molecular flexibility index (Phi) is 1.48. The van der Waals surface area contributed by atoms with E-state index in [1.807, 2.05) is 6.92 Å². The summed E-state index contributed by atoms with van der Waals surface area (Å²) in [5.41, 5.74) is 5.29. The van der Waals surface area contributed by atoms with Gasteiger partial charge in [-0.1, -0.05) is 0 Å². The molecule has 1 aromatic heterocycles. The van der Waals surface area contributed by atoms with Gasteiger partial charge in [0.15, 0.2) is 0 Å². The molecule has 0 atom stereocenters. The van der Waals surface area contributed by atoms with Crippen LogP contribution in [0.2, 0.25) is 0 Å². The van der Waals surface area contributed by atoms with E-state index in [4.69, 9.17) is 5.73 Å². The molecule has 0 unspecified atom stereocenters. The lowest BCUT2D eigenvalue weighted by atomic mass is 10.5. The van der Waals surface area contributed by atoms with E-state index in [-0.39, 0.29) is 1.43 Å². The second-order valence-electron chi connectivity index (χ2n) is 1.62. The summed E-state index contributed by atoms with van der Waals surface area (Å²) >= 11 is 1.42. The molecule has 4 heteroatoms. The quantitative estimate of drug-likeness (QED) is 0.633. The molecule has 3 nitrogen and oxygen atoms in total. The van der Waals surface area contributed by atoms with Gasteiger partial charge >= 0.3 is 0 Å². The molecule has 0 radical (unpaired) electrons. The number of nitrogens with two attached hydrogens (primary N) is 1. The van der Waals surface area contributed by atoms with Crippen LogP contribution in [0.4, 0.5) is 0 Å². The minimum absolute atomic E-state index is 0. The second-order valence-corrected chi connectivity index (χ2v) is 2.68. The van der Waals surface area contributed by atoms with E-state index in [9.17, 15) is 4.79 Å². The number of nitrogens with zero attached hydrogens (tertiary/aromatic N) is 1. The first-order valence-electron chi connectivity index (χ1n) is 2.42. The van der Waals surface area contributed by atoms with E-state index >= 15 is 0 Å². The lowest BCUT2D eigenvalue weighted by Gasteiger charge is -1.80. The fourth-order valence-corrected chi connectivity index (χ4v) is 1.08. The van der Waals surface area contributed by atoms with Crippen molar-refractivity contribution < 1.29 is 6.22 Å². The molecule has 0 saturated heterocycles. The highest BCUT2D eigenvalue weighted by Gasteiger charge is 2.01. The van der Waals surface area contributed by atoms with Gasteiger partial charge in [-0.25, -0.2) is 4.98 Å². The second kappa shape index (κ2) is 2.14.